The Morgan fingerprint density at radius 1 is 1.33 bits per heavy atom. The number of halogens is 2. The van der Waals surface area contributed by atoms with E-state index in [0.29, 0.717) is 16.5 Å². The van der Waals surface area contributed by atoms with Gasteiger partial charge in [0, 0.05) is 16.1 Å². The van der Waals surface area contributed by atoms with Crippen LogP contribution in [0.5, 0.6) is 0 Å². The molecule has 2 nitrogen and oxygen atoms in total. The Hall–Kier alpha value is -0.540. The molecule has 0 saturated carbocycles. The number of rotatable bonds is 5. The summed E-state index contributed by atoms with van der Waals surface area (Å²) in [6.45, 7) is 6.40. The molecule has 0 aliphatic carbocycles. The zero-order valence-corrected chi connectivity index (χ0v) is 13.3. The minimum absolute atomic E-state index is 0.0522. The predicted octanol–water partition coefficient (Wildman–Crippen LogP) is 4.66. The molecule has 1 aromatic carbocycles. The van der Waals surface area contributed by atoms with Gasteiger partial charge in [-0.3, -0.25) is 4.79 Å². The van der Waals surface area contributed by atoms with Crippen LogP contribution in [0, 0.1) is 5.92 Å². The normalized spacial score (nSPS) is 12.6. The Balaban J connectivity index is 2.56. The minimum Gasteiger partial charge on any atom is -0.350 e. The van der Waals surface area contributed by atoms with Gasteiger partial charge in [-0.2, -0.15) is 0 Å². The highest BCUT2D eigenvalue weighted by atomic mass is 79.9. The van der Waals surface area contributed by atoms with E-state index in [2.05, 4.69) is 35.1 Å². The quantitative estimate of drug-likeness (QED) is 0.835. The maximum atomic E-state index is 12.0. The highest BCUT2D eigenvalue weighted by molar-refractivity contribution is 9.10. The zero-order valence-electron chi connectivity index (χ0n) is 11.0. The maximum Gasteiger partial charge on any atom is 0.251 e. The Kier molecular flexibility index (Phi) is 6.16. The minimum atomic E-state index is -0.0522. The molecule has 18 heavy (non-hydrogen) atoms. The summed E-state index contributed by atoms with van der Waals surface area (Å²) in [6.07, 6.45) is 2.12. The van der Waals surface area contributed by atoms with E-state index in [-0.39, 0.29) is 11.9 Å². The molecule has 0 radical (unpaired) electrons. The molecule has 1 aromatic rings. The van der Waals surface area contributed by atoms with Crippen molar-refractivity contribution in [1.82, 2.24) is 5.32 Å². The van der Waals surface area contributed by atoms with Crippen LogP contribution < -0.4 is 5.32 Å². The van der Waals surface area contributed by atoms with Crippen molar-refractivity contribution in [2.45, 2.75) is 39.7 Å². The molecule has 0 spiro atoms. The van der Waals surface area contributed by atoms with Crippen molar-refractivity contribution in [1.29, 1.82) is 0 Å². The highest BCUT2D eigenvalue weighted by Gasteiger charge is 2.11. The van der Waals surface area contributed by atoms with E-state index in [0.717, 1.165) is 17.3 Å². The smallest absolute Gasteiger partial charge is 0.251 e. The molecule has 1 N–H and O–H groups in total. The van der Waals surface area contributed by atoms with Gasteiger partial charge in [-0.05, 0) is 59.8 Å². The molecule has 1 atom stereocenters. The van der Waals surface area contributed by atoms with Crippen LogP contribution in [-0.4, -0.2) is 11.9 Å². The van der Waals surface area contributed by atoms with Crippen molar-refractivity contribution in [2.24, 2.45) is 5.92 Å². The summed E-state index contributed by atoms with van der Waals surface area (Å²) in [6, 6.07) is 5.39. The van der Waals surface area contributed by atoms with Gasteiger partial charge in [-0.25, -0.2) is 0 Å². The summed E-state index contributed by atoms with van der Waals surface area (Å²) in [5.74, 6) is 0.609. The van der Waals surface area contributed by atoms with Gasteiger partial charge < -0.3 is 5.32 Å². The topological polar surface area (TPSA) is 29.1 Å². The summed E-state index contributed by atoms with van der Waals surface area (Å²) in [4.78, 5) is 12.0. The van der Waals surface area contributed by atoms with E-state index in [1.54, 1.807) is 18.2 Å². The molecular formula is C14H19BrClNO. The molecule has 0 bridgehead atoms. The van der Waals surface area contributed by atoms with Gasteiger partial charge in [-0.1, -0.05) is 25.4 Å². The summed E-state index contributed by atoms with van der Waals surface area (Å²) in [5.41, 5.74) is 0.627. The van der Waals surface area contributed by atoms with Crippen LogP contribution in [0.2, 0.25) is 5.02 Å². The van der Waals surface area contributed by atoms with Gasteiger partial charge in [0.15, 0.2) is 0 Å². The third-order valence-corrected chi connectivity index (χ3v) is 3.95. The molecular weight excluding hydrogens is 314 g/mol. The second-order valence-electron chi connectivity index (χ2n) is 4.97. The summed E-state index contributed by atoms with van der Waals surface area (Å²) < 4.78 is 0.742. The molecule has 0 aliphatic heterocycles. The third-order valence-electron chi connectivity index (χ3n) is 2.74. The predicted molar refractivity (Wildman–Crippen MR) is 80.2 cm³/mol. The molecule has 0 saturated heterocycles. The highest BCUT2D eigenvalue weighted by Crippen LogP contribution is 2.23. The maximum absolute atomic E-state index is 12.0. The number of carbonyl (C=O) groups is 1. The second-order valence-corrected chi connectivity index (χ2v) is 6.24. The number of hydrogen-bond donors (Lipinski definition) is 1. The number of amides is 1. The Morgan fingerprint density at radius 3 is 2.56 bits per heavy atom. The van der Waals surface area contributed by atoms with E-state index in [1.165, 1.54) is 0 Å². The molecule has 1 unspecified atom stereocenters. The number of benzene rings is 1. The lowest BCUT2D eigenvalue weighted by atomic mass is 10.0. The molecule has 4 heteroatoms. The molecule has 0 heterocycles. The molecule has 0 fully saturated rings. The lowest BCUT2D eigenvalue weighted by Gasteiger charge is -2.15. The standard InChI is InChI=1S/C14H19BrClNO/c1-9(2)4-5-10(3)17-14(18)11-6-7-13(16)12(15)8-11/h6-10H,4-5H2,1-3H3,(H,17,18). The second kappa shape index (κ2) is 7.15. The monoisotopic (exact) mass is 331 g/mol. The van der Waals surface area contributed by atoms with Gasteiger partial charge in [-0.15, -0.1) is 0 Å². The Morgan fingerprint density at radius 2 is 2.00 bits per heavy atom. The van der Waals surface area contributed by atoms with Crippen LogP contribution in [0.1, 0.15) is 44.0 Å². The Bertz CT molecular complexity index is 420. The first-order chi connectivity index (χ1) is 8.40. The number of nitrogens with one attached hydrogen (secondary N) is 1. The first-order valence-electron chi connectivity index (χ1n) is 6.16. The largest absolute Gasteiger partial charge is 0.350 e. The van der Waals surface area contributed by atoms with Crippen molar-refractivity contribution in [3.8, 4) is 0 Å². The molecule has 0 aromatic heterocycles. The van der Waals surface area contributed by atoms with E-state index in [9.17, 15) is 4.79 Å². The van der Waals surface area contributed by atoms with Crippen LogP contribution in [0.3, 0.4) is 0 Å². The SMILES string of the molecule is CC(C)CCC(C)NC(=O)c1ccc(Cl)c(Br)c1. The van der Waals surface area contributed by atoms with Crippen molar-refractivity contribution < 1.29 is 4.79 Å². The fourth-order valence-electron chi connectivity index (χ4n) is 1.60. The van der Waals surface area contributed by atoms with E-state index in [4.69, 9.17) is 11.6 Å². The zero-order chi connectivity index (χ0) is 13.7. The number of carbonyl (C=O) groups excluding carboxylic acids is 1. The van der Waals surface area contributed by atoms with Crippen molar-refractivity contribution in [2.75, 3.05) is 0 Å². The molecule has 100 valence electrons. The third kappa shape index (κ3) is 4.99. The molecule has 1 amide bonds. The average molecular weight is 333 g/mol. The van der Waals surface area contributed by atoms with Gasteiger partial charge in [0.2, 0.25) is 0 Å². The summed E-state index contributed by atoms with van der Waals surface area (Å²) in [5, 5.41) is 3.61. The molecule has 0 aliphatic rings. The van der Waals surface area contributed by atoms with Crippen LogP contribution >= 0.6 is 27.5 Å². The van der Waals surface area contributed by atoms with Gasteiger partial charge in [0.25, 0.3) is 5.91 Å². The first-order valence-corrected chi connectivity index (χ1v) is 7.33. The van der Waals surface area contributed by atoms with Crippen LogP contribution in [0.4, 0.5) is 0 Å². The van der Waals surface area contributed by atoms with Crippen LogP contribution in [-0.2, 0) is 0 Å². The summed E-state index contributed by atoms with van der Waals surface area (Å²) in [7, 11) is 0. The van der Waals surface area contributed by atoms with Crippen LogP contribution in [0.25, 0.3) is 0 Å². The average Bonchev–Trinajstić information content (AvgIpc) is 2.30. The van der Waals surface area contributed by atoms with Crippen LogP contribution in [0.15, 0.2) is 22.7 Å². The van der Waals surface area contributed by atoms with E-state index >= 15 is 0 Å². The van der Waals surface area contributed by atoms with E-state index < -0.39 is 0 Å². The fourth-order valence-corrected chi connectivity index (χ4v) is 2.10. The fraction of sp³-hybridized carbons (Fsp3) is 0.500. The van der Waals surface area contributed by atoms with Gasteiger partial charge in [0.1, 0.15) is 0 Å². The van der Waals surface area contributed by atoms with E-state index in [1.807, 2.05) is 6.92 Å². The van der Waals surface area contributed by atoms with Crippen molar-refractivity contribution in [3.63, 3.8) is 0 Å². The lowest BCUT2D eigenvalue weighted by molar-refractivity contribution is 0.0937. The number of hydrogen-bond acceptors (Lipinski definition) is 1. The summed E-state index contributed by atoms with van der Waals surface area (Å²) >= 11 is 9.22. The van der Waals surface area contributed by atoms with Gasteiger partial charge in [0.05, 0.1) is 5.02 Å². The van der Waals surface area contributed by atoms with Gasteiger partial charge >= 0.3 is 0 Å². The van der Waals surface area contributed by atoms with Crippen molar-refractivity contribution >= 4 is 33.4 Å². The lowest BCUT2D eigenvalue weighted by Crippen LogP contribution is -2.32. The molecule has 1 rings (SSSR count). The van der Waals surface area contributed by atoms with Crippen molar-refractivity contribution in [3.05, 3.63) is 33.3 Å². The Labute approximate surface area is 122 Å². The first kappa shape index (κ1) is 15.5.